The molecule has 23 heavy (non-hydrogen) atoms. The van der Waals surface area contributed by atoms with Crippen molar-refractivity contribution in [2.24, 2.45) is 5.92 Å². The molecule has 0 unspecified atom stereocenters. The van der Waals surface area contributed by atoms with Crippen molar-refractivity contribution in [1.29, 1.82) is 0 Å². The number of carbonyl (C=O) groups excluding carboxylic acids is 1. The zero-order chi connectivity index (χ0) is 17.0. The van der Waals surface area contributed by atoms with Crippen LogP contribution in [0.5, 0.6) is 5.75 Å². The van der Waals surface area contributed by atoms with E-state index in [0.717, 1.165) is 19.3 Å². The number of carbonyl (C=O) groups is 1. The molecule has 1 aromatic rings. The van der Waals surface area contributed by atoms with E-state index in [0.29, 0.717) is 5.92 Å². The average Bonchev–Trinajstić information content (AvgIpc) is 2.51. The zero-order valence-corrected chi connectivity index (χ0v) is 14.0. The number of hydrogen-bond donors (Lipinski definition) is 1. The molecule has 0 spiro atoms. The molecule has 126 valence electrons. The van der Waals surface area contributed by atoms with E-state index < -0.39 is 11.0 Å². The summed E-state index contributed by atoms with van der Waals surface area (Å²) in [4.78, 5) is 22.8. The molecule has 7 heteroatoms. The third-order valence-electron chi connectivity index (χ3n) is 4.23. The summed E-state index contributed by atoms with van der Waals surface area (Å²) in [6, 6.07) is 4.26. The Labute approximate surface area is 140 Å². The van der Waals surface area contributed by atoms with Crippen molar-refractivity contribution >= 4 is 23.2 Å². The van der Waals surface area contributed by atoms with E-state index in [1.807, 2.05) is 0 Å². The molecular weight excluding hydrogens is 320 g/mol. The molecule has 1 N–H and O–H groups in total. The maximum Gasteiger partial charge on any atom is 0.312 e. The van der Waals surface area contributed by atoms with Crippen molar-refractivity contribution in [1.82, 2.24) is 5.32 Å². The fourth-order valence-electron chi connectivity index (χ4n) is 2.81. The molecular formula is C16H21ClN2O4. The van der Waals surface area contributed by atoms with E-state index in [1.165, 1.54) is 24.6 Å². The van der Waals surface area contributed by atoms with Crippen LogP contribution < -0.4 is 10.1 Å². The minimum absolute atomic E-state index is 0.0405. The van der Waals surface area contributed by atoms with Crippen LogP contribution >= 0.6 is 11.6 Å². The van der Waals surface area contributed by atoms with Crippen molar-refractivity contribution in [3.8, 4) is 5.75 Å². The van der Waals surface area contributed by atoms with Crippen LogP contribution in [0.3, 0.4) is 0 Å². The van der Waals surface area contributed by atoms with Crippen LogP contribution in [0.15, 0.2) is 18.2 Å². The van der Waals surface area contributed by atoms with Crippen LogP contribution in [-0.2, 0) is 4.79 Å². The summed E-state index contributed by atoms with van der Waals surface area (Å²) >= 11 is 5.77. The van der Waals surface area contributed by atoms with Crippen molar-refractivity contribution < 1.29 is 14.5 Å². The Balaban J connectivity index is 2.02. The highest BCUT2D eigenvalue weighted by atomic mass is 35.5. The Hall–Kier alpha value is -1.82. The Morgan fingerprint density at radius 2 is 2.13 bits per heavy atom. The Morgan fingerprint density at radius 1 is 1.43 bits per heavy atom. The van der Waals surface area contributed by atoms with E-state index in [-0.39, 0.29) is 28.4 Å². The van der Waals surface area contributed by atoms with E-state index in [4.69, 9.17) is 16.3 Å². The van der Waals surface area contributed by atoms with Crippen LogP contribution in [0.4, 0.5) is 5.69 Å². The first-order chi connectivity index (χ1) is 10.9. The highest BCUT2D eigenvalue weighted by Crippen LogP contribution is 2.31. The molecule has 1 aliphatic carbocycles. The molecule has 0 saturated heterocycles. The number of benzene rings is 1. The maximum atomic E-state index is 12.3. The number of hydrogen-bond acceptors (Lipinski definition) is 4. The van der Waals surface area contributed by atoms with E-state index in [2.05, 4.69) is 12.2 Å². The van der Waals surface area contributed by atoms with Crippen molar-refractivity contribution in [2.45, 2.75) is 51.7 Å². The molecule has 2 rings (SSSR count). The Kier molecular flexibility index (Phi) is 5.82. The largest absolute Gasteiger partial charge is 0.474 e. The molecule has 1 aliphatic rings. The van der Waals surface area contributed by atoms with Crippen LogP contribution in [0.2, 0.25) is 5.02 Å². The topological polar surface area (TPSA) is 81.5 Å². The van der Waals surface area contributed by atoms with Crippen LogP contribution in [0, 0.1) is 16.0 Å². The van der Waals surface area contributed by atoms with Gasteiger partial charge in [0.2, 0.25) is 0 Å². The van der Waals surface area contributed by atoms with Gasteiger partial charge in [0.15, 0.2) is 11.9 Å². The summed E-state index contributed by atoms with van der Waals surface area (Å²) in [7, 11) is 0. The Morgan fingerprint density at radius 3 is 2.78 bits per heavy atom. The van der Waals surface area contributed by atoms with Gasteiger partial charge in [-0.15, -0.1) is 0 Å². The number of ether oxygens (including phenoxy) is 1. The predicted octanol–water partition coefficient (Wildman–Crippen LogP) is 3.71. The lowest BCUT2D eigenvalue weighted by Crippen LogP contribution is -2.46. The van der Waals surface area contributed by atoms with Gasteiger partial charge in [0.05, 0.1) is 4.92 Å². The minimum Gasteiger partial charge on any atom is -0.474 e. The van der Waals surface area contributed by atoms with E-state index in [9.17, 15) is 14.9 Å². The van der Waals surface area contributed by atoms with Gasteiger partial charge in [-0.1, -0.05) is 31.4 Å². The number of nitrogens with one attached hydrogen (secondary N) is 1. The van der Waals surface area contributed by atoms with Crippen LogP contribution in [-0.4, -0.2) is 23.0 Å². The number of nitro groups is 1. The molecule has 1 amide bonds. The lowest BCUT2D eigenvalue weighted by atomic mass is 9.86. The third-order valence-corrected chi connectivity index (χ3v) is 4.46. The first kappa shape index (κ1) is 17.5. The van der Waals surface area contributed by atoms with Gasteiger partial charge in [-0.05, 0) is 37.8 Å². The molecule has 3 atom stereocenters. The molecule has 1 saturated carbocycles. The number of nitrogens with zero attached hydrogens (tertiary/aromatic N) is 1. The van der Waals surface area contributed by atoms with Gasteiger partial charge >= 0.3 is 5.69 Å². The van der Waals surface area contributed by atoms with Crippen LogP contribution in [0.1, 0.15) is 39.5 Å². The fraction of sp³-hybridized carbons (Fsp3) is 0.562. The number of nitro benzene ring substituents is 1. The second kappa shape index (κ2) is 7.64. The highest BCUT2D eigenvalue weighted by molar-refractivity contribution is 6.30. The maximum absolute atomic E-state index is 12.3. The fourth-order valence-corrected chi connectivity index (χ4v) is 2.97. The molecule has 0 aliphatic heterocycles. The third kappa shape index (κ3) is 4.58. The first-order valence-corrected chi connectivity index (χ1v) is 8.17. The molecule has 1 fully saturated rings. The summed E-state index contributed by atoms with van der Waals surface area (Å²) in [5.41, 5.74) is -0.247. The average molecular weight is 341 g/mol. The van der Waals surface area contributed by atoms with Gasteiger partial charge in [0, 0.05) is 17.1 Å². The second-order valence-electron chi connectivity index (χ2n) is 6.01. The summed E-state index contributed by atoms with van der Waals surface area (Å²) < 4.78 is 5.49. The number of amides is 1. The molecule has 1 aromatic carbocycles. The number of rotatable bonds is 5. The normalized spacial score (nSPS) is 22.2. The predicted molar refractivity (Wildman–Crippen MR) is 87.8 cm³/mol. The minimum atomic E-state index is -0.816. The molecule has 0 bridgehead atoms. The lowest BCUT2D eigenvalue weighted by molar-refractivity contribution is -0.386. The van der Waals surface area contributed by atoms with Gasteiger partial charge < -0.3 is 10.1 Å². The SMILES string of the molecule is C[C@@H]1CCCC[C@@H]1NC(=O)[C@@H](C)Oc1ccc(Cl)cc1[N+](=O)[O-]. The number of halogens is 1. The first-order valence-electron chi connectivity index (χ1n) is 7.79. The summed E-state index contributed by atoms with van der Waals surface area (Å²) in [5.74, 6) is 0.219. The van der Waals surface area contributed by atoms with Gasteiger partial charge in [-0.3, -0.25) is 14.9 Å². The lowest BCUT2D eigenvalue weighted by Gasteiger charge is -2.30. The summed E-state index contributed by atoms with van der Waals surface area (Å²) in [5, 5.41) is 14.3. The standard InChI is InChI=1S/C16H21ClN2O4/c1-10-5-3-4-6-13(10)18-16(20)11(2)23-15-8-7-12(17)9-14(15)19(21)22/h7-11,13H,3-6H2,1-2H3,(H,18,20)/t10-,11-,13+/m1/s1. The Bertz CT molecular complexity index is 593. The molecule has 0 aromatic heterocycles. The molecule has 0 heterocycles. The van der Waals surface area contributed by atoms with Crippen molar-refractivity contribution in [2.75, 3.05) is 0 Å². The zero-order valence-electron chi connectivity index (χ0n) is 13.3. The van der Waals surface area contributed by atoms with Crippen LogP contribution in [0.25, 0.3) is 0 Å². The summed E-state index contributed by atoms with van der Waals surface area (Å²) in [6.07, 6.45) is 3.54. The van der Waals surface area contributed by atoms with Crippen molar-refractivity contribution in [3.63, 3.8) is 0 Å². The highest BCUT2D eigenvalue weighted by Gasteiger charge is 2.27. The summed E-state index contributed by atoms with van der Waals surface area (Å²) in [6.45, 7) is 3.71. The quantitative estimate of drug-likeness (QED) is 0.654. The smallest absolute Gasteiger partial charge is 0.312 e. The van der Waals surface area contributed by atoms with Gasteiger partial charge in [-0.2, -0.15) is 0 Å². The van der Waals surface area contributed by atoms with E-state index >= 15 is 0 Å². The van der Waals surface area contributed by atoms with Crippen molar-refractivity contribution in [3.05, 3.63) is 33.3 Å². The monoisotopic (exact) mass is 340 g/mol. The van der Waals surface area contributed by atoms with Gasteiger partial charge in [0.1, 0.15) is 0 Å². The van der Waals surface area contributed by atoms with E-state index in [1.54, 1.807) is 6.92 Å². The second-order valence-corrected chi connectivity index (χ2v) is 6.44. The molecule has 6 nitrogen and oxygen atoms in total. The molecule has 0 radical (unpaired) electrons. The van der Waals surface area contributed by atoms with Gasteiger partial charge in [0.25, 0.3) is 5.91 Å². The van der Waals surface area contributed by atoms with Gasteiger partial charge in [-0.25, -0.2) is 0 Å².